The Kier molecular flexibility index (Phi) is 3.91. The molecule has 2 rings (SSSR count). The molecule has 0 aliphatic carbocycles. The predicted octanol–water partition coefficient (Wildman–Crippen LogP) is 3.91. The van der Waals surface area contributed by atoms with E-state index in [4.69, 9.17) is 4.74 Å². The average molecular weight is 315 g/mol. The fraction of sp³-hybridized carbons (Fsp3) is 0.0833. The Bertz CT molecular complexity index is 525. The highest BCUT2D eigenvalue weighted by molar-refractivity contribution is 9.10. The molecule has 0 amide bonds. The molecule has 1 heterocycles. The smallest absolute Gasteiger partial charge is 0.210 e. The third-order valence-electron chi connectivity index (χ3n) is 2.05. The molecule has 0 saturated heterocycles. The van der Waals surface area contributed by atoms with Crippen molar-refractivity contribution in [3.05, 3.63) is 50.9 Å². The van der Waals surface area contributed by atoms with Crippen LogP contribution in [0, 0.1) is 5.82 Å². The molecule has 1 aromatic carbocycles. The van der Waals surface area contributed by atoms with Gasteiger partial charge in [0.25, 0.3) is 0 Å². The van der Waals surface area contributed by atoms with Gasteiger partial charge in [0.05, 0.1) is 9.35 Å². The number of halogens is 2. The zero-order valence-corrected chi connectivity index (χ0v) is 11.1. The topological polar surface area (TPSA) is 26.3 Å². The second-order valence-electron chi connectivity index (χ2n) is 3.26. The molecule has 0 N–H and O–H groups in total. The number of hydrogen-bond donors (Lipinski definition) is 0. The Balaban J connectivity index is 2.01. The van der Waals surface area contributed by atoms with Gasteiger partial charge in [0.1, 0.15) is 11.6 Å². The van der Waals surface area contributed by atoms with E-state index in [1.807, 2.05) is 11.4 Å². The number of carbonyl (C=O) groups is 1. The van der Waals surface area contributed by atoms with Gasteiger partial charge >= 0.3 is 0 Å². The summed E-state index contributed by atoms with van der Waals surface area (Å²) < 4.78 is 18.6. The van der Waals surface area contributed by atoms with Crippen LogP contribution in [-0.2, 0) is 0 Å². The van der Waals surface area contributed by atoms with E-state index < -0.39 is 0 Å². The van der Waals surface area contributed by atoms with Gasteiger partial charge in [0, 0.05) is 0 Å². The van der Waals surface area contributed by atoms with Gasteiger partial charge in [-0.25, -0.2) is 4.39 Å². The molecule has 0 saturated carbocycles. The standard InChI is InChI=1S/C12H8BrFO2S/c13-9-6-8(14)3-4-11(9)16-7-10(15)12-2-1-5-17-12/h1-6H,7H2. The van der Waals surface area contributed by atoms with Gasteiger partial charge in [-0.1, -0.05) is 6.07 Å². The van der Waals surface area contributed by atoms with E-state index in [0.29, 0.717) is 15.1 Å². The first kappa shape index (κ1) is 12.3. The highest BCUT2D eigenvalue weighted by Gasteiger charge is 2.09. The third-order valence-corrected chi connectivity index (χ3v) is 3.58. The lowest BCUT2D eigenvalue weighted by Crippen LogP contribution is -2.10. The van der Waals surface area contributed by atoms with Crippen LogP contribution in [0.1, 0.15) is 9.67 Å². The van der Waals surface area contributed by atoms with Crippen LogP contribution < -0.4 is 4.74 Å². The van der Waals surface area contributed by atoms with Crippen molar-refractivity contribution in [2.75, 3.05) is 6.61 Å². The molecule has 88 valence electrons. The Morgan fingerprint density at radius 3 is 2.88 bits per heavy atom. The first-order chi connectivity index (χ1) is 8.16. The number of ether oxygens (including phenoxy) is 1. The Hall–Kier alpha value is -1.20. The molecule has 0 fully saturated rings. The molecule has 2 nitrogen and oxygen atoms in total. The minimum Gasteiger partial charge on any atom is -0.484 e. The van der Waals surface area contributed by atoms with Gasteiger partial charge in [-0.05, 0) is 45.6 Å². The van der Waals surface area contributed by atoms with E-state index in [-0.39, 0.29) is 18.2 Å². The highest BCUT2D eigenvalue weighted by Crippen LogP contribution is 2.25. The lowest BCUT2D eigenvalue weighted by Gasteiger charge is -2.06. The summed E-state index contributed by atoms with van der Waals surface area (Å²) in [6, 6.07) is 7.63. The summed E-state index contributed by atoms with van der Waals surface area (Å²) >= 11 is 4.54. The van der Waals surface area contributed by atoms with Gasteiger partial charge < -0.3 is 4.74 Å². The fourth-order valence-electron chi connectivity index (χ4n) is 1.24. The van der Waals surface area contributed by atoms with Gasteiger partial charge in [-0.15, -0.1) is 11.3 Å². The Morgan fingerprint density at radius 2 is 2.24 bits per heavy atom. The molecule has 0 spiro atoms. The second-order valence-corrected chi connectivity index (χ2v) is 5.07. The minimum absolute atomic E-state index is 0.0508. The number of hydrogen-bond acceptors (Lipinski definition) is 3. The van der Waals surface area contributed by atoms with Crippen molar-refractivity contribution in [1.82, 2.24) is 0 Å². The largest absolute Gasteiger partial charge is 0.484 e. The van der Waals surface area contributed by atoms with Crippen molar-refractivity contribution in [3.63, 3.8) is 0 Å². The van der Waals surface area contributed by atoms with E-state index in [0.717, 1.165) is 0 Å². The van der Waals surface area contributed by atoms with Crippen LogP contribution >= 0.6 is 27.3 Å². The summed E-state index contributed by atoms with van der Waals surface area (Å²) in [7, 11) is 0. The normalized spacial score (nSPS) is 10.2. The van der Waals surface area contributed by atoms with Gasteiger partial charge in [-0.3, -0.25) is 4.79 Å². The van der Waals surface area contributed by atoms with E-state index in [9.17, 15) is 9.18 Å². The summed E-state index contributed by atoms with van der Waals surface area (Å²) in [6.07, 6.45) is 0. The number of rotatable bonds is 4. The van der Waals surface area contributed by atoms with Gasteiger partial charge in [-0.2, -0.15) is 0 Å². The van der Waals surface area contributed by atoms with Crippen LogP contribution in [-0.4, -0.2) is 12.4 Å². The Morgan fingerprint density at radius 1 is 1.41 bits per heavy atom. The maximum absolute atomic E-state index is 12.8. The SMILES string of the molecule is O=C(COc1ccc(F)cc1Br)c1cccs1. The quantitative estimate of drug-likeness (QED) is 0.800. The summed E-state index contributed by atoms with van der Waals surface area (Å²) in [6.45, 7) is -0.0508. The van der Waals surface area contributed by atoms with Gasteiger partial charge in [0.15, 0.2) is 6.61 Å². The van der Waals surface area contributed by atoms with Crippen LogP contribution in [0.5, 0.6) is 5.75 Å². The molecule has 0 unspecified atom stereocenters. The van der Waals surface area contributed by atoms with Crippen molar-refractivity contribution in [1.29, 1.82) is 0 Å². The molecule has 0 aliphatic heterocycles. The predicted molar refractivity (Wildman–Crippen MR) is 68.2 cm³/mol. The maximum atomic E-state index is 12.8. The van der Waals surface area contributed by atoms with E-state index in [1.165, 1.54) is 29.5 Å². The second kappa shape index (κ2) is 5.42. The molecule has 17 heavy (non-hydrogen) atoms. The van der Waals surface area contributed by atoms with Crippen LogP contribution in [0.25, 0.3) is 0 Å². The lowest BCUT2D eigenvalue weighted by molar-refractivity contribution is 0.0925. The zero-order valence-electron chi connectivity index (χ0n) is 8.65. The molecule has 0 radical (unpaired) electrons. The molecule has 0 bridgehead atoms. The van der Waals surface area contributed by atoms with E-state index >= 15 is 0 Å². The monoisotopic (exact) mass is 314 g/mol. The molecule has 0 atom stereocenters. The molecule has 0 aliphatic rings. The zero-order chi connectivity index (χ0) is 12.3. The fourth-order valence-corrected chi connectivity index (χ4v) is 2.36. The number of thiophene rings is 1. The van der Waals surface area contributed by atoms with Crippen molar-refractivity contribution >= 4 is 33.0 Å². The lowest BCUT2D eigenvalue weighted by atomic mass is 10.3. The van der Waals surface area contributed by atoms with Crippen LogP contribution in [0.3, 0.4) is 0 Å². The van der Waals surface area contributed by atoms with Gasteiger partial charge in [0.2, 0.25) is 5.78 Å². The van der Waals surface area contributed by atoms with Crippen LogP contribution in [0.2, 0.25) is 0 Å². The highest BCUT2D eigenvalue weighted by atomic mass is 79.9. The van der Waals surface area contributed by atoms with E-state index in [1.54, 1.807) is 6.07 Å². The summed E-state index contributed by atoms with van der Waals surface area (Å²) in [4.78, 5) is 12.3. The summed E-state index contributed by atoms with van der Waals surface area (Å²) in [5.41, 5.74) is 0. The number of ketones is 1. The average Bonchev–Trinajstić information content (AvgIpc) is 2.81. The molecule has 1 aromatic heterocycles. The number of Topliss-reactive ketones (excluding diaryl/α,β-unsaturated/α-hetero) is 1. The van der Waals surface area contributed by atoms with Crippen LogP contribution in [0.15, 0.2) is 40.2 Å². The first-order valence-corrected chi connectivity index (χ1v) is 6.48. The summed E-state index contributed by atoms with van der Waals surface area (Å²) in [5.74, 6) is 0.0151. The van der Waals surface area contributed by atoms with E-state index in [2.05, 4.69) is 15.9 Å². The van der Waals surface area contributed by atoms with Crippen molar-refractivity contribution in [2.45, 2.75) is 0 Å². The Labute approximate surface area is 110 Å². The first-order valence-electron chi connectivity index (χ1n) is 4.81. The van der Waals surface area contributed by atoms with Crippen molar-refractivity contribution < 1.29 is 13.9 Å². The van der Waals surface area contributed by atoms with Crippen LogP contribution in [0.4, 0.5) is 4.39 Å². The molecular formula is C12H8BrFO2S. The maximum Gasteiger partial charge on any atom is 0.210 e. The van der Waals surface area contributed by atoms with Crippen molar-refractivity contribution in [3.8, 4) is 5.75 Å². The molecule has 5 heteroatoms. The number of benzene rings is 1. The minimum atomic E-state index is -0.353. The van der Waals surface area contributed by atoms with Crippen molar-refractivity contribution in [2.24, 2.45) is 0 Å². The molecule has 2 aromatic rings. The third kappa shape index (κ3) is 3.14. The number of carbonyl (C=O) groups excluding carboxylic acids is 1. The summed E-state index contributed by atoms with van der Waals surface area (Å²) in [5, 5.41) is 1.83. The molecular weight excluding hydrogens is 307 g/mol.